The highest BCUT2D eigenvalue weighted by atomic mass is 79.9. The number of nitrogen functional groups attached to an aromatic ring is 1. The zero-order valence-corrected chi connectivity index (χ0v) is 11.7. The molecule has 1 aromatic heterocycles. The van der Waals surface area contributed by atoms with Crippen molar-refractivity contribution in [3.8, 4) is 11.1 Å². The molecule has 0 atom stereocenters. The van der Waals surface area contributed by atoms with Crippen LogP contribution in [0.4, 0.5) is 5.82 Å². The number of hydrogen-bond donors (Lipinski definition) is 2. The van der Waals surface area contributed by atoms with Gasteiger partial charge in [-0.15, -0.1) is 0 Å². The van der Waals surface area contributed by atoms with Crippen LogP contribution in [0.2, 0.25) is 0 Å². The van der Waals surface area contributed by atoms with Crippen molar-refractivity contribution in [2.75, 3.05) is 5.73 Å². The second kappa shape index (κ2) is 4.76. The van der Waals surface area contributed by atoms with Crippen LogP contribution in [0.5, 0.6) is 0 Å². The number of nitrogens with one attached hydrogen (secondary N) is 1. The Morgan fingerprint density at radius 3 is 2.61 bits per heavy atom. The van der Waals surface area contributed by atoms with E-state index in [1.807, 2.05) is 12.1 Å². The van der Waals surface area contributed by atoms with Crippen molar-refractivity contribution in [2.24, 2.45) is 5.92 Å². The van der Waals surface area contributed by atoms with Crippen LogP contribution in [0.15, 0.2) is 28.7 Å². The molecule has 1 heterocycles. The van der Waals surface area contributed by atoms with E-state index in [2.05, 4.69) is 38.3 Å². The van der Waals surface area contributed by atoms with Crippen molar-refractivity contribution in [3.05, 3.63) is 34.4 Å². The molecular weight excluding hydrogens is 290 g/mol. The first kappa shape index (κ1) is 11.8. The Balaban J connectivity index is 1.94. The smallest absolute Gasteiger partial charge is 0.153 e. The van der Waals surface area contributed by atoms with Gasteiger partial charge < -0.3 is 5.73 Å². The summed E-state index contributed by atoms with van der Waals surface area (Å²) >= 11 is 3.45. The van der Waals surface area contributed by atoms with Crippen LogP contribution in [-0.4, -0.2) is 10.2 Å². The Morgan fingerprint density at radius 1 is 1.28 bits per heavy atom. The van der Waals surface area contributed by atoms with E-state index in [0.717, 1.165) is 27.9 Å². The average Bonchev–Trinajstić information content (AvgIpc) is 2.67. The molecule has 0 unspecified atom stereocenters. The van der Waals surface area contributed by atoms with Crippen molar-refractivity contribution >= 4 is 21.7 Å². The van der Waals surface area contributed by atoms with Gasteiger partial charge in [0.25, 0.3) is 0 Å². The topological polar surface area (TPSA) is 54.7 Å². The minimum absolute atomic E-state index is 0.603. The first-order valence-corrected chi connectivity index (χ1v) is 7.12. The molecule has 2 aromatic rings. The van der Waals surface area contributed by atoms with Gasteiger partial charge in [0.05, 0.1) is 0 Å². The van der Waals surface area contributed by atoms with Crippen LogP contribution in [0, 0.1) is 5.92 Å². The summed E-state index contributed by atoms with van der Waals surface area (Å²) in [7, 11) is 0. The fourth-order valence-electron chi connectivity index (χ4n) is 2.47. The number of rotatable bonds is 3. The molecule has 1 aliphatic rings. The molecule has 0 spiro atoms. The maximum Gasteiger partial charge on any atom is 0.153 e. The van der Waals surface area contributed by atoms with Crippen LogP contribution in [0.25, 0.3) is 11.1 Å². The lowest BCUT2D eigenvalue weighted by molar-refractivity contribution is 0.312. The molecule has 0 aliphatic heterocycles. The maximum atomic E-state index is 5.99. The van der Waals surface area contributed by atoms with Crippen LogP contribution < -0.4 is 5.73 Å². The second-order valence-electron chi connectivity index (χ2n) is 4.97. The summed E-state index contributed by atoms with van der Waals surface area (Å²) in [6, 6.07) is 8.23. The minimum Gasteiger partial charge on any atom is -0.382 e. The molecule has 1 saturated carbocycles. The van der Waals surface area contributed by atoms with Crippen LogP contribution in [0.3, 0.4) is 0 Å². The van der Waals surface area contributed by atoms with E-state index in [1.165, 1.54) is 25.0 Å². The van der Waals surface area contributed by atoms with Gasteiger partial charge in [-0.05, 0) is 30.0 Å². The van der Waals surface area contributed by atoms with Gasteiger partial charge in [-0.2, -0.15) is 5.10 Å². The van der Waals surface area contributed by atoms with Gasteiger partial charge in [0.15, 0.2) is 5.82 Å². The van der Waals surface area contributed by atoms with Gasteiger partial charge in [-0.1, -0.05) is 47.3 Å². The molecule has 3 rings (SSSR count). The first-order valence-electron chi connectivity index (χ1n) is 6.32. The van der Waals surface area contributed by atoms with Gasteiger partial charge in [-0.3, -0.25) is 5.10 Å². The molecule has 0 amide bonds. The Hall–Kier alpha value is -1.29. The first-order chi connectivity index (χ1) is 8.74. The lowest BCUT2D eigenvalue weighted by Gasteiger charge is -2.25. The Morgan fingerprint density at radius 2 is 2.00 bits per heavy atom. The monoisotopic (exact) mass is 305 g/mol. The molecule has 1 fully saturated rings. The molecule has 0 bridgehead atoms. The molecule has 1 aliphatic carbocycles. The zero-order chi connectivity index (χ0) is 12.5. The number of benzene rings is 1. The van der Waals surface area contributed by atoms with E-state index >= 15 is 0 Å². The normalized spacial score (nSPS) is 15.6. The molecule has 0 saturated heterocycles. The van der Waals surface area contributed by atoms with Crippen LogP contribution in [-0.2, 0) is 6.42 Å². The fourth-order valence-corrected chi connectivity index (χ4v) is 2.73. The highest BCUT2D eigenvalue weighted by molar-refractivity contribution is 9.10. The van der Waals surface area contributed by atoms with Crippen molar-refractivity contribution in [1.29, 1.82) is 0 Å². The van der Waals surface area contributed by atoms with E-state index in [4.69, 9.17) is 5.73 Å². The third-order valence-electron chi connectivity index (χ3n) is 3.72. The van der Waals surface area contributed by atoms with E-state index in [0.29, 0.717) is 5.82 Å². The molecule has 4 heteroatoms. The number of H-pyrrole nitrogens is 1. The minimum atomic E-state index is 0.603. The summed E-state index contributed by atoms with van der Waals surface area (Å²) in [5, 5.41) is 7.27. The van der Waals surface area contributed by atoms with Crippen molar-refractivity contribution in [1.82, 2.24) is 10.2 Å². The number of hydrogen-bond acceptors (Lipinski definition) is 2. The Labute approximate surface area is 115 Å². The fraction of sp³-hybridized carbons (Fsp3) is 0.357. The van der Waals surface area contributed by atoms with E-state index in [9.17, 15) is 0 Å². The largest absolute Gasteiger partial charge is 0.382 e. The number of halogens is 1. The number of aromatic amines is 1. The van der Waals surface area contributed by atoms with E-state index in [-0.39, 0.29) is 0 Å². The molecule has 94 valence electrons. The summed E-state index contributed by atoms with van der Waals surface area (Å²) in [5.41, 5.74) is 9.39. The Bertz CT molecular complexity index is 541. The van der Waals surface area contributed by atoms with Gasteiger partial charge in [0, 0.05) is 15.7 Å². The summed E-state index contributed by atoms with van der Waals surface area (Å²) < 4.78 is 1.08. The second-order valence-corrected chi connectivity index (χ2v) is 5.89. The molecule has 1 aromatic carbocycles. The standard InChI is InChI=1S/C14H16BrN3/c15-11-6-4-10(5-7-11)13-12(17-18-14(13)16)8-9-2-1-3-9/h4-7,9H,1-3,8H2,(H3,16,17,18). The van der Waals surface area contributed by atoms with Crippen molar-refractivity contribution < 1.29 is 0 Å². The third kappa shape index (κ3) is 2.17. The third-order valence-corrected chi connectivity index (χ3v) is 4.25. The van der Waals surface area contributed by atoms with Gasteiger partial charge >= 0.3 is 0 Å². The number of nitrogens with two attached hydrogens (primary N) is 1. The molecule has 18 heavy (non-hydrogen) atoms. The molecule has 3 nitrogen and oxygen atoms in total. The number of anilines is 1. The zero-order valence-electron chi connectivity index (χ0n) is 10.1. The van der Waals surface area contributed by atoms with Crippen molar-refractivity contribution in [3.63, 3.8) is 0 Å². The Kier molecular flexibility index (Phi) is 3.12. The number of nitrogens with zero attached hydrogens (tertiary/aromatic N) is 1. The van der Waals surface area contributed by atoms with E-state index in [1.54, 1.807) is 0 Å². The SMILES string of the molecule is Nc1n[nH]c(CC2CCC2)c1-c1ccc(Br)cc1. The quantitative estimate of drug-likeness (QED) is 0.907. The highest BCUT2D eigenvalue weighted by Gasteiger charge is 2.22. The predicted octanol–water partition coefficient (Wildman–Crippen LogP) is 3.76. The summed E-state index contributed by atoms with van der Waals surface area (Å²) in [6.07, 6.45) is 5.09. The summed E-state index contributed by atoms with van der Waals surface area (Å²) in [4.78, 5) is 0. The van der Waals surface area contributed by atoms with Gasteiger partial charge in [0.2, 0.25) is 0 Å². The lowest BCUT2D eigenvalue weighted by atomic mass is 9.81. The lowest BCUT2D eigenvalue weighted by Crippen LogP contribution is -2.14. The number of aromatic nitrogens is 2. The predicted molar refractivity (Wildman–Crippen MR) is 77.2 cm³/mol. The van der Waals surface area contributed by atoms with E-state index < -0.39 is 0 Å². The van der Waals surface area contributed by atoms with Gasteiger partial charge in [0.1, 0.15) is 0 Å². The average molecular weight is 306 g/mol. The highest BCUT2D eigenvalue weighted by Crippen LogP contribution is 2.35. The summed E-state index contributed by atoms with van der Waals surface area (Å²) in [6.45, 7) is 0. The molecule has 0 radical (unpaired) electrons. The van der Waals surface area contributed by atoms with Crippen molar-refractivity contribution in [2.45, 2.75) is 25.7 Å². The maximum absolute atomic E-state index is 5.99. The molecule has 3 N–H and O–H groups in total. The van der Waals surface area contributed by atoms with Gasteiger partial charge in [-0.25, -0.2) is 0 Å². The summed E-state index contributed by atoms with van der Waals surface area (Å²) in [5.74, 6) is 1.41. The molecular formula is C14H16BrN3. The van der Waals surface area contributed by atoms with Crippen LogP contribution >= 0.6 is 15.9 Å². The van der Waals surface area contributed by atoms with Crippen LogP contribution in [0.1, 0.15) is 25.0 Å².